The van der Waals surface area contributed by atoms with Crippen LogP contribution in [0.5, 0.6) is 0 Å². The molecule has 0 radical (unpaired) electrons. The number of halogens is 2. The van der Waals surface area contributed by atoms with Crippen molar-refractivity contribution in [2.45, 2.75) is 18.8 Å². The number of hydrogen-bond donors (Lipinski definition) is 1. The summed E-state index contributed by atoms with van der Waals surface area (Å²) in [4.78, 5) is 33.2. The zero-order valence-electron chi connectivity index (χ0n) is 23.8. The Labute approximate surface area is 259 Å². The molecule has 0 unspecified atom stereocenters. The topological polar surface area (TPSA) is 106 Å². The van der Waals surface area contributed by atoms with Crippen LogP contribution in [0.2, 0.25) is 0 Å². The number of nitrogens with zero attached hydrogens (tertiary/aromatic N) is 4. The van der Waals surface area contributed by atoms with Crippen LogP contribution in [-0.4, -0.2) is 64.1 Å². The first-order valence-electron chi connectivity index (χ1n) is 13.7. The Morgan fingerprint density at radius 1 is 1.21 bits per heavy atom. The Kier molecular flexibility index (Phi) is 7.92. The van der Waals surface area contributed by atoms with Crippen LogP contribution in [0, 0.1) is 5.82 Å². The first-order chi connectivity index (χ1) is 20.7. The predicted octanol–water partition coefficient (Wildman–Crippen LogP) is 5.76. The summed E-state index contributed by atoms with van der Waals surface area (Å²) in [6, 6.07) is 15.1. The van der Waals surface area contributed by atoms with Crippen molar-refractivity contribution < 1.29 is 22.9 Å². The van der Waals surface area contributed by atoms with Crippen molar-refractivity contribution in [3.8, 4) is 11.3 Å². The molecular formula is C31H29BrFN5O4S. The second kappa shape index (κ2) is 11.7. The van der Waals surface area contributed by atoms with Gasteiger partial charge in [-0.1, -0.05) is 6.07 Å². The molecule has 1 fully saturated rings. The molecule has 2 aromatic carbocycles. The number of carbonyl (C=O) groups is 2. The number of likely N-dealkylation sites (tertiary alicyclic amines) is 1. The maximum Gasteiger partial charge on any atom is 0.274 e. The first kappa shape index (κ1) is 29.2. The van der Waals surface area contributed by atoms with Crippen molar-refractivity contribution in [3.05, 3.63) is 88.0 Å². The van der Waals surface area contributed by atoms with Crippen LogP contribution >= 0.6 is 15.9 Å². The number of furan rings is 1. The lowest BCUT2D eigenvalue weighted by Crippen LogP contribution is -2.39. The lowest BCUT2D eigenvalue weighted by molar-refractivity contribution is 0.0702. The van der Waals surface area contributed by atoms with Gasteiger partial charge in [0, 0.05) is 49.3 Å². The van der Waals surface area contributed by atoms with Gasteiger partial charge in [0.25, 0.3) is 11.8 Å². The van der Waals surface area contributed by atoms with Gasteiger partial charge in [-0.2, -0.15) is 4.31 Å². The van der Waals surface area contributed by atoms with Gasteiger partial charge in [-0.25, -0.2) is 9.37 Å². The minimum absolute atomic E-state index is 0.103. The minimum atomic E-state index is -1.35. The molecular weight excluding hydrogens is 637 g/mol. The number of benzene rings is 2. The number of anilines is 1. The van der Waals surface area contributed by atoms with Crippen molar-refractivity contribution >= 4 is 61.4 Å². The normalized spacial score (nSPS) is 16.0. The minimum Gasteiger partial charge on any atom is -0.593 e. The number of hydrogen-bond acceptors (Lipinski definition) is 6. The fourth-order valence-corrected chi connectivity index (χ4v) is 6.57. The van der Waals surface area contributed by atoms with E-state index in [4.69, 9.17) is 4.42 Å². The number of piperidine rings is 1. The van der Waals surface area contributed by atoms with E-state index in [2.05, 4.69) is 26.2 Å². The van der Waals surface area contributed by atoms with Crippen molar-refractivity contribution in [1.29, 1.82) is 0 Å². The van der Waals surface area contributed by atoms with Crippen LogP contribution in [0.4, 0.5) is 10.1 Å². The number of amides is 2. The Morgan fingerprint density at radius 2 is 1.98 bits per heavy atom. The molecule has 1 aliphatic rings. The van der Waals surface area contributed by atoms with E-state index in [0.29, 0.717) is 58.0 Å². The van der Waals surface area contributed by atoms with Gasteiger partial charge in [0.05, 0.1) is 34.3 Å². The average Bonchev–Trinajstić information content (AvgIpc) is 3.62. The van der Waals surface area contributed by atoms with Crippen LogP contribution in [0.1, 0.15) is 45.2 Å². The number of nitrogens with one attached hydrogen (secondary N) is 1. The Hall–Kier alpha value is -3.87. The first-order valence-corrected chi connectivity index (χ1v) is 16.1. The number of rotatable bonds is 6. The van der Waals surface area contributed by atoms with Gasteiger partial charge in [0.1, 0.15) is 34.8 Å². The summed E-state index contributed by atoms with van der Waals surface area (Å²) in [6.45, 7) is 1.01. The molecule has 2 atom stereocenters. The highest BCUT2D eigenvalue weighted by Crippen LogP contribution is 2.42. The molecule has 5 aromatic rings. The average molecular weight is 667 g/mol. The van der Waals surface area contributed by atoms with Crippen LogP contribution in [0.15, 0.2) is 69.8 Å². The maximum absolute atomic E-state index is 13.7. The van der Waals surface area contributed by atoms with Crippen LogP contribution in [-0.2, 0) is 11.4 Å². The summed E-state index contributed by atoms with van der Waals surface area (Å²) in [6.07, 6.45) is 4.88. The molecule has 1 N–H and O–H groups in total. The van der Waals surface area contributed by atoms with Gasteiger partial charge in [-0.3, -0.25) is 14.0 Å². The van der Waals surface area contributed by atoms with E-state index in [0.717, 1.165) is 23.0 Å². The fourth-order valence-electron chi connectivity index (χ4n) is 5.70. The molecule has 3 aromatic heterocycles. The standard InChI is InChI=1S/C31H29BrFN5O4S/c1-34-30(39)28-22-14-21(24(36(2)43(3)41)15-25(22)42-29(28)18-9-11-20(33)12-10-18)19-6-5-13-37(16-19)31(40)23-17-38-26(32)7-4-8-27(38)35-23/h4,7-12,14-15,17,19H,5-6,13,16H2,1-3H3,(H,34,39)/t19-,43-/m0/s1. The van der Waals surface area contributed by atoms with Crippen LogP contribution in [0.3, 0.4) is 0 Å². The van der Waals surface area contributed by atoms with Crippen molar-refractivity contribution in [2.24, 2.45) is 0 Å². The van der Waals surface area contributed by atoms with E-state index in [1.54, 1.807) is 54.0 Å². The Bertz CT molecular complexity index is 1850. The molecule has 2 amide bonds. The number of carbonyl (C=O) groups excluding carboxylic acids is 2. The van der Waals surface area contributed by atoms with E-state index in [9.17, 15) is 18.5 Å². The fraction of sp³-hybridized carbons (Fsp3) is 0.258. The molecule has 1 saturated heterocycles. The van der Waals surface area contributed by atoms with E-state index in [1.165, 1.54) is 12.1 Å². The van der Waals surface area contributed by atoms with Gasteiger partial charge < -0.3 is 19.2 Å². The third kappa shape index (κ3) is 5.39. The number of aromatic nitrogens is 2. The molecule has 12 heteroatoms. The third-order valence-electron chi connectivity index (χ3n) is 7.93. The predicted molar refractivity (Wildman–Crippen MR) is 168 cm³/mol. The molecule has 1 aliphatic heterocycles. The summed E-state index contributed by atoms with van der Waals surface area (Å²) in [5, 5.41) is 3.28. The van der Waals surface area contributed by atoms with Crippen molar-refractivity contribution in [3.63, 3.8) is 0 Å². The summed E-state index contributed by atoms with van der Waals surface area (Å²) in [5.74, 6) is -0.693. The van der Waals surface area contributed by atoms with Crippen molar-refractivity contribution in [1.82, 2.24) is 19.6 Å². The van der Waals surface area contributed by atoms with E-state index in [1.807, 2.05) is 28.7 Å². The molecule has 9 nitrogen and oxygen atoms in total. The smallest absolute Gasteiger partial charge is 0.274 e. The maximum atomic E-state index is 13.7. The van der Waals surface area contributed by atoms with E-state index in [-0.39, 0.29) is 17.7 Å². The summed E-state index contributed by atoms with van der Waals surface area (Å²) < 4.78 is 36.9. The molecule has 222 valence electrons. The lowest BCUT2D eigenvalue weighted by Gasteiger charge is -2.34. The largest absolute Gasteiger partial charge is 0.593 e. The van der Waals surface area contributed by atoms with E-state index < -0.39 is 17.2 Å². The third-order valence-corrected chi connectivity index (χ3v) is 9.55. The highest BCUT2D eigenvalue weighted by molar-refractivity contribution is 9.10. The van der Waals surface area contributed by atoms with Crippen LogP contribution in [0.25, 0.3) is 27.9 Å². The molecule has 0 bridgehead atoms. The molecule has 6 rings (SSSR count). The molecule has 0 aliphatic carbocycles. The van der Waals surface area contributed by atoms with Gasteiger partial charge in [-0.15, -0.1) is 0 Å². The van der Waals surface area contributed by atoms with Crippen molar-refractivity contribution in [2.75, 3.05) is 37.7 Å². The monoisotopic (exact) mass is 665 g/mol. The van der Waals surface area contributed by atoms with Gasteiger partial charge in [0.15, 0.2) is 0 Å². The zero-order chi connectivity index (χ0) is 30.4. The lowest BCUT2D eigenvalue weighted by atomic mass is 9.88. The molecule has 4 heterocycles. The molecule has 0 saturated carbocycles. The second-order valence-electron chi connectivity index (χ2n) is 10.5. The van der Waals surface area contributed by atoms with Gasteiger partial charge in [0.2, 0.25) is 0 Å². The molecule has 43 heavy (non-hydrogen) atoms. The number of fused-ring (bicyclic) bond motifs is 2. The number of imidazole rings is 1. The second-order valence-corrected chi connectivity index (χ2v) is 12.7. The Balaban J connectivity index is 1.43. The Morgan fingerprint density at radius 3 is 2.67 bits per heavy atom. The quantitative estimate of drug-likeness (QED) is 0.183. The van der Waals surface area contributed by atoms with Gasteiger partial charge >= 0.3 is 0 Å². The van der Waals surface area contributed by atoms with Crippen LogP contribution < -0.4 is 9.62 Å². The summed E-state index contributed by atoms with van der Waals surface area (Å²) in [7, 11) is 3.28. The van der Waals surface area contributed by atoms with Gasteiger partial charge in [-0.05, 0) is 76.8 Å². The zero-order valence-corrected chi connectivity index (χ0v) is 26.2. The summed E-state index contributed by atoms with van der Waals surface area (Å²) >= 11 is 2.15. The highest BCUT2D eigenvalue weighted by Gasteiger charge is 2.32. The molecule has 0 spiro atoms. The number of pyridine rings is 1. The highest BCUT2D eigenvalue weighted by atomic mass is 79.9. The summed E-state index contributed by atoms with van der Waals surface area (Å²) in [5.41, 5.74) is 3.90. The van der Waals surface area contributed by atoms with E-state index >= 15 is 0 Å². The SMILES string of the molecule is CNC(=O)c1c(-c2ccc(F)cc2)oc2cc(N(C)[S@+](C)[O-])c([C@H]3CCCN(C(=O)c4cn5c(Br)cccc5n4)C3)cc12.